The molecule has 0 aromatic heterocycles. The smallest absolute Gasteiger partial charge is 0.229 e. The lowest BCUT2D eigenvalue weighted by Crippen LogP contribution is -2.46. The van der Waals surface area contributed by atoms with Gasteiger partial charge in [-0.05, 0) is 33.6 Å². The Labute approximate surface area is 102 Å². The number of piperidine rings is 1. The van der Waals surface area contributed by atoms with Crippen molar-refractivity contribution in [2.75, 3.05) is 19.0 Å². The third-order valence-electron chi connectivity index (χ3n) is 3.27. The molecule has 1 aliphatic rings. The van der Waals surface area contributed by atoms with Crippen molar-refractivity contribution in [3.05, 3.63) is 0 Å². The Morgan fingerprint density at radius 3 is 2.19 bits per heavy atom. The van der Waals surface area contributed by atoms with Crippen LogP contribution < -0.4 is 0 Å². The van der Waals surface area contributed by atoms with Crippen molar-refractivity contribution < 1.29 is 9.59 Å². The first kappa shape index (κ1) is 13.5. The normalized spacial score (nSPS) is 18.6. The quantitative estimate of drug-likeness (QED) is 0.714. The summed E-state index contributed by atoms with van der Waals surface area (Å²) in [5, 5.41) is 0. The zero-order valence-corrected chi connectivity index (χ0v) is 11.0. The molecule has 1 amide bonds. The van der Waals surface area contributed by atoms with Crippen molar-refractivity contribution in [3.63, 3.8) is 0 Å². The predicted molar refractivity (Wildman–Crippen MR) is 64.5 cm³/mol. The number of carbonyl (C=O) groups excluding carboxylic acids is 2. The molecule has 0 aromatic rings. The van der Waals surface area contributed by atoms with Crippen molar-refractivity contribution in [2.45, 2.75) is 33.6 Å². The molecule has 1 saturated heterocycles. The number of carbonyl (C=O) groups is 2. The third-order valence-corrected chi connectivity index (χ3v) is 3.94. The first-order chi connectivity index (χ1) is 7.38. The number of Topliss-reactive ketones (excluding diaryl/α,β-unsaturated/α-hetero) is 1. The van der Waals surface area contributed by atoms with Gasteiger partial charge < -0.3 is 4.90 Å². The Kier molecular flexibility index (Phi) is 4.36. The Morgan fingerprint density at radius 1 is 1.31 bits per heavy atom. The van der Waals surface area contributed by atoms with E-state index in [9.17, 15) is 9.59 Å². The molecule has 1 aliphatic heterocycles. The summed E-state index contributed by atoms with van der Waals surface area (Å²) in [6.07, 6.45) is 1.58. The number of hydrogen-bond donors (Lipinski definition) is 0. The van der Waals surface area contributed by atoms with Crippen LogP contribution in [0.4, 0.5) is 0 Å². The van der Waals surface area contributed by atoms with Gasteiger partial charge in [0, 0.05) is 24.9 Å². The maximum Gasteiger partial charge on any atom is 0.229 e. The van der Waals surface area contributed by atoms with Crippen molar-refractivity contribution in [3.8, 4) is 0 Å². The molecule has 0 saturated carbocycles. The van der Waals surface area contributed by atoms with E-state index in [4.69, 9.17) is 11.6 Å². The molecule has 0 radical (unpaired) electrons. The summed E-state index contributed by atoms with van der Waals surface area (Å²) >= 11 is 5.78. The molecular formula is C12H20ClNO2. The Bertz CT molecular complexity index is 281. The monoisotopic (exact) mass is 245 g/mol. The van der Waals surface area contributed by atoms with E-state index in [0.29, 0.717) is 19.0 Å². The first-order valence-electron chi connectivity index (χ1n) is 5.74. The van der Waals surface area contributed by atoms with Gasteiger partial charge in [0.15, 0.2) is 0 Å². The molecule has 3 nitrogen and oxygen atoms in total. The van der Waals surface area contributed by atoms with E-state index in [1.807, 2.05) is 18.7 Å². The van der Waals surface area contributed by atoms with Crippen LogP contribution in [-0.4, -0.2) is 35.6 Å². The highest BCUT2D eigenvalue weighted by Gasteiger charge is 2.33. The highest BCUT2D eigenvalue weighted by Crippen LogP contribution is 2.25. The van der Waals surface area contributed by atoms with E-state index in [1.54, 1.807) is 6.92 Å². The Balaban J connectivity index is 2.54. The van der Waals surface area contributed by atoms with Gasteiger partial charge in [0.2, 0.25) is 5.91 Å². The molecule has 92 valence electrons. The minimum atomic E-state index is -0.495. The van der Waals surface area contributed by atoms with Crippen LogP contribution in [0.3, 0.4) is 0 Å². The van der Waals surface area contributed by atoms with E-state index < -0.39 is 5.41 Å². The highest BCUT2D eigenvalue weighted by molar-refractivity contribution is 6.19. The lowest BCUT2D eigenvalue weighted by molar-refractivity contribution is -0.141. The van der Waals surface area contributed by atoms with Crippen LogP contribution >= 0.6 is 11.6 Å². The van der Waals surface area contributed by atoms with Gasteiger partial charge in [-0.2, -0.15) is 0 Å². The van der Waals surface area contributed by atoms with E-state index in [1.165, 1.54) is 0 Å². The SMILES string of the molecule is CC(=O)C1CCN(C(=O)C(C)(C)CCl)CC1. The fraction of sp³-hybridized carbons (Fsp3) is 0.833. The Morgan fingerprint density at radius 2 is 1.81 bits per heavy atom. The van der Waals surface area contributed by atoms with Crippen LogP contribution in [0.15, 0.2) is 0 Å². The van der Waals surface area contributed by atoms with Gasteiger partial charge in [0.05, 0.1) is 5.41 Å². The number of alkyl halides is 1. The highest BCUT2D eigenvalue weighted by atomic mass is 35.5. The summed E-state index contributed by atoms with van der Waals surface area (Å²) in [6, 6.07) is 0. The first-order valence-corrected chi connectivity index (χ1v) is 6.27. The van der Waals surface area contributed by atoms with Gasteiger partial charge in [-0.3, -0.25) is 9.59 Å². The lowest BCUT2D eigenvalue weighted by Gasteiger charge is -2.35. The second-order valence-electron chi connectivity index (χ2n) is 5.19. The summed E-state index contributed by atoms with van der Waals surface area (Å²) in [7, 11) is 0. The molecule has 0 aromatic carbocycles. The molecule has 0 aliphatic carbocycles. The molecular weight excluding hydrogens is 226 g/mol. The number of amides is 1. The topological polar surface area (TPSA) is 37.4 Å². The van der Waals surface area contributed by atoms with Crippen molar-refractivity contribution >= 4 is 23.3 Å². The van der Waals surface area contributed by atoms with Crippen LogP contribution in [0.25, 0.3) is 0 Å². The largest absolute Gasteiger partial charge is 0.342 e. The molecule has 1 rings (SSSR count). The van der Waals surface area contributed by atoms with Crippen LogP contribution in [0.5, 0.6) is 0 Å². The van der Waals surface area contributed by atoms with Gasteiger partial charge in [0.25, 0.3) is 0 Å². The van der Waals surface area contributed by atoms with Gasteiger partial charge >= 0.3 is 0 Å². The van der Waals surface area contributed by atoms with Crippen LogP contribution in [-0.2, 0) is 9.59 Å². The lowest BCUT2D eigenvalue weighted by atomic mass is 9.89. The molecule has 1 fully saturated rings. The van der Waals surface area contributed by atoms with Crippen LogP contribution in [0.2, 0.25) is 0 Å². The molecule has 0 N–H and O–H groups in total. The number of nitrogens with zero attached hydrogens (tertiary/aromatic N) is 1. The van der Waals surface area contributed by atoms with Gasteiger partial charge in [-0.1, -0.05) is 0 Å². The molecule has 1 heterocycles. The summed E-state index contributed by atoms with van der Waals surface area (Å²) in [6.45, 7) is 6.72. The molecule has 4 heteroatoms. The van der Waals surface area contributed by atoms with E-state index in [2.05, 4.69) is 0 Å². The van der Waals surface area contributed by atoms with E-state index >= 15 is 0 Å². The molecule has 0 atom stereocenters. The van der Waals surface area contributed by atoms with Gasteiger partial charge in [0.1, 0.15) is 5.78 Å². The molecule has 0 bridgehead atoms. The molecule has 16 heavy (non-hydrogen) atoms. The second kappa shape index (κ2) is 5.17. The van der Waals surface area contributed by atoms with Crippen LogP contribution in [0, 0.1) is 11.3 Å². The maximum atomic E-state index is 12.1. The number of hydrogen-bond acceptors (Lipinski definition) is 2. The van der Waals surface area contributed by atoms with Crippen molar-refractivity contribution in [2.24, 2.45) is 11.3 Å². The second-order valence-corrected chi connectivity index (χ2v) is 5.46. The summed E-state index contributed by atoms with van der Waals surface area (Å²) in [4.78, 5) is 25.1. The van der Waals surface area contributed by atoms with Crippen LogP contribution in [0.1, 0.15) is 33.6 Å². The average molecular weight is 246 g/mol. The van der Waals surface area contributed by atoms with E-state index in [-0.39, 0.29) is 17.6 Å². The molecule has 0 unspecified atom stereocenters. The standard InChI is InChI=1S/C12H20ClNO2/c1-9(15)10-4-6-14(7-5-10)11(16)12(2,3)8-13/h10H,4-8H2,1-3H3. The van der Waals surface area contributed by atoms with Gasteiger partial charge in [-0.25, -0.2) is 0 Å². The minimum Gasteiger partial charge on any atom is -0.342 e. The van der Waals surface area contributed by atoms with E-state index in [0.717, 1.165) is 12.8 Å². The fourth-order valence-electron chi connectivity index (χ4n) is 1.97. The number of likely N-dealkylation sites (tertiary alicyclic amines) is 1. The Hall–Kier alpha value is -0.570. The third kappa shape index (κ3) is 2.97. The van der Waals surface area contributed by atoms with Crippen molar-refractivity contribution in [1.82, 2.24) is 4.90 Å². The predicted octanol–water partition coefficient (Wildman–Crippen LogP) is 2.08. The summed E-state index contributed by atoms with van der Waals surface area (Å²) in [5.41, 5.74) is -0.495. The van der Waals surface area contributed by atoms with Crippen molar-refractivity contribution in [1.29, 1.82) is 0 Å². The fourth-order valence-corrected chi connectivity index (χ4v) is 2.09. The summed E-state index contributed by atoms with van der Waals surface area (Å²) in [5.74, 6) is 0.815. The number of ketones is 1. The minimum absolute atomic E-state index is 0.101. The zero-order chi connectivity index (χ0) is 12.3. The van der Waals surface area contributed by atoms with Gasteiger partial charge in [-0.15, -0.1) is 11.6 Å². The summed E-state index contributed by atoms with van der Waals surface area (Å²) < 4.78 is 0. The zero-order valence-electron chi connectivity index (χ0n) is 10.3. The maximum absolute atomic E-state index is 12.1. The number of rotatable bonds is 3. The number of halogens is 1. The average Bonchev–Trinajstić information content (AvgIpc) is 2.28. The molecule has 0 spiro atoms.